The summed E-state index contributed by atoms with van der Waals surface area (Å²) in [6.45, 7) is 0.838. The van der Waals surface area contributed by atoms with Crippen LogP contribution in [0, 0.1) is 5.41 Å². The molecule has 0 heterocycles. The second kappa shape index (κ2) is 3.85. The van der Waals surface area contributed by atoms with Gasteiger partial charge in [0.05, 0.1) is 0 Å². The van der Waals surface area contributed by atoms with E-state index in [2.05, 4.69) is 0 Å². The van der Waals surface area contributed by atoms with Crippen molar-refractivity contribution in [2.75, 3.05) is 6.54 Å². The molecule has 0 spiro atoms. The molecule has 4 nitrogen and oxygen atoms in total. The molecule has 0 radical (unpaired) electrons. The van der Waals surface area contributed by atoms with Gasteiger partial charge in [-0.15, -0.1) is 0 Å². The minimum atomic E-state index is -4.50. The Labute approximate surface area is 78.6 Å². The maximum absolute atomic E-state index is 11.7. The van der Waals surface area contributed by atoms with E-state index in [9.17, 15) is 22.8 Å². The molecule has 2 amide bonds. The molecule has 82 valence electrons. The SMILES string of the molecule is CC(C)(C(N)=O)C(=O)NCC(F)(F)F. The molecule has 0 aromatic heterocycles. The number of hydrogen-bond donors (Lipinski definition) is 2. The van der Waals surface area contributed by atoms with Gasteiger partial charge in [-0.2, -0.15) is 13.2 Å². The highest BCUT2D eigenvalue weighted by molar-refractivity contribution is 6.03. The third kappa shape index (κ3) is 3.63. The van der Waals surface area contributed by atoms with Crippen molar-refractivity contribution >= 4 is 11.8 Å². The third-order valence-electron chi connectivity index (χ3n) is 1.63. The standard InChI is InChI=1S/C7H11F3N2O2/c1-6(2,4(11)13)5(14)12-3-7(8,9)10/h3H2,1-2H3,(H2,11,13)(H,12,14). The van der Waals surface area contributed by atoms with E-state index >= 15 is 0 Å². The first kappa shape index (κ1) is 12.7. The van der Waals surface area contributed by atoms with Crippen molar-refractivity contribution < 1.29 is 22.8 Å². The molecule has 0 saturated heterocycles. The van der Waals surface area contributed by atoms with Gasteiger partial charge in [0, 0.05) is 0 Å². The normalized spacial score (nSPS) is 12.4. The molecule has 0 aliphatic heterocycles. The molecule has 0 fully saturated rings. The van der Waals surface area contributed by atoms with Crippen molar-refractivity contribution in [2.45, 2.75) is 20.0 Å². The zero-order valence-electron chi connectivity index (χ0n) is 7.73. The fraction of sp³-hybridized carbons (Fsp3) is 0.714. The average Bonchev–Trinajstić information content (AvgIpc) is 1.98. The van der Waals surface area contributed by atoms with Crippen molar-refractivity contribution in [2.24, 2.45) is 11.1 Å². The van der Waals surface area contributed by atoms with Gasteiger partial charge in [0.15, 0.2) is 0 Å². The number of primary amides is 1. The largest absolute Gasteiger partial charge is 0.405 e. The number of hydrogen-bond acceptors (Lipinski definition) is 2. The monoisotopic (exact) mass is 212 g/mol. The van der Waals surface area contributed by atoms with Gasteiger partial charge >= 0.3 is 6.18 Å². The summed E-state index contributed by atoms with van der Waals surface area (Å²) in [7, 11) is 0. The highest BCUT2D eigenvalue weighted by Crippen LogP contribution is 2.16. The van der Waals surface area contributed by atoms with Crippen LogP contribution in [0.2, 0.25) is 0 Å². The van der Waals surface area contributed by atoms with Gasteiger partial charge in [0.1, 0.15) is 12.0 Å². The summed E-state index contributed by atoms with van der Waals surface area (Å²) in [4.78, 5) is 21.7. The first-order valence-corrected chi connectivity index (χ1v) is 3.72. The first-order valence-electron chi connectivity index (χ1n) is 3.72. The van der Waals surface area contributed by atoms with Crippen LogP contribution in [0.25, 0.3) is 0 Å². The van der Waals surface area contributed by atoms with Gasteiger partial charge < -0.3 is 11.1 Å². The van der Waals surface area contributed by atoms with Gasteiger partial charge in [-0.25, -0.2) is 0 Å². The van der Waals surface area contributed by atoms with E-state index in [1.54, 1.807) is 5.32 Å². The zero-order chi connectivity index (χ0) is 11.6. The Morgan fingerprint density at radius 3 is 2.00 bits per heavy atom. The van der Waals surface area contributed by atoms with E-state index in [4.69, 9.17) is 5.73 Å². The molecule has 3 N–H and O–H groups in total. The highest BCUT2D eigenvalue weighted by Gasteiger charge is 2.36. The van der Waals surface area contributed by atoms with Crippen LogP contribution < -0.4 is 11.1 Å². The molecule has 0 saturated carbocycles. The number of nitrogens with one attached hydrogen (secondary N) is 1. The Bertz CT molecular complexity index is 248. The summed E-state index contributed by atoms with van der Waals surface area (Å²) in [6, 6.07) is 0. The topological polar surface area (TPSA) is 72.2 Å². The Morgan fingerprint density at radius 1 is 1.29 bits per heavy atom. The zero-order valence-corrected chi connectivity index (χ0v) is 7.73. The molecule has 0 aromatic carbocycles. The van der Waals surface area contributed by atoms with Crippen LogP contribution in [0.1, 0.15) is 13.8 Å². The minimum Gasteiger partial charge on any atom is -0.369 e. The van der Waals surface area contributed by atoms with E-state index in [0.717, 1.165) is 13.8 Å². The number of alkyl halides is 3. The van der Waals surface area contributed by atoms with Crippen molar-refractivity contribution in [3.8, 4) is 0 Å². The van der Waals surface area contributed by atoms with E-state index in [1.165, 1.54) is 0 Å². The number of halogens is 3. The molecule has 0 rings (SSSR count). The van der Waals surface area contributed by atoms with Crippen LogP contribution in [0.4, 0.5) is 13.2 Å². The molecule has 0 aliphatic carbocycles. The highest BCUT2D eigenvalue weighted by atomic mass is 19.4. The summed E-state index contributed by atoms with van der Waals surface area (Å²) < 4.78 is 35.0. The van der Waals surface area contributed by atoms with Gasteiger partial charge in [0.25, 0.3) is 0 Å². The molecule has 0 atom stereocenters. The maximum Gasteiger partial charge on any atom is 0.405 e. The maximum atomic E-state index is 11.7. The number of nitrogens with two attached hydrogens (primary N) is 1. The van der Waals surface area contributed by atoms with Gasteiger partial charge in [-0.05, 0) is 13.8 Å². The summed E-state index contributed by atoms with van der Waals surface area (Å²) >= 11 is 0. The average molecular weight is 212 g/mol. The van der Waals surface area contributed by atoms with Crippen LogP contribution >= 0.6 is 0 Å². The lowest BCUT2D eigenvalue weighted by Gasteiger charge is -2.19. The summed E-state index contributed by atoms with van der Waals surface area (Å²) in [5.41, 5.74) is 3.20. The Morgan fingerprint density at radius 2 is 1.71 bits per heavy atom. The van der Waals surface area contributed by atoms with Gasteiger partial charge in [-0.3, -0.25) is 9.59 Å². The van der Waals surface area contributed by atoms with Crippen LogP contribution in [0.5, 0.6) is 0 Å². The summed E-state index contributed by atoms with van der Waals surface area (Å²) in [6.07, 6.45) is -4.50. The lowest BCUT2D eigenvalue weighted by molar-refractivity contribution is -0.148. The van der Waals surface area contributed by atoms with Gasteiger partial charge in [0.2, 0.25) is 11.8 Å². The smallest absolute Gasteiger partial charge is 0.369 e. The number of amides is 2. The number of rotatable bonds is 3. The second-order valence-corrected chi connectivity index (χ2v) is 3.29. The molecule has 0 aromatic rings. The molecular formula is C7H11F3N2O2. The fourth-order valence-electron chi connectivity index (χ4n) is 0.513. The van der Waals surface area contributed by atoms with Crippen molar-refractivity contribution in [1.82, 2.24) is 5.32 Å². The van der Waals surface area contributed by atoms with Crippen molar-refractivity contribution in [3.05, 3.63) is 0 Å². The molecular weight excluding hydrogens is 201 g/mol. The second-order valence-electron chi connectivity index (χ2n) is 3.29. The van der Waals surface area contributed by atoms with Gasteiger partial charge in [-0.1, -0.05) is 0 Å². The van der Waals surface area contributed by atoms with E-state index < -0.39 is 30.0 Å². The first-order chi connectivity index (χ1) is 6.07. The van der Waals surface area contributed by atoms with Crippen LogP contribution in [0.15, 0.2) is 0 Å². The van der Waals surface area contributed by atoms with E-state index in [-0.39, 0.29) is 0 Å². The predicted octanol–water partition coefficient (Wildman–Crippen LogP) is 0.176. The Hall–Kier alpha value is -1.27. The minimum absolute atomic E-state index is 0.975. The molecule has 7 heteroatoms. The van der Waals surface area contributed by atoms with Crippen LogP contribution in [0.3, 0.4) is 0 Å². The Balaban J connectivity index is 4.30. The lowest BCUT2D eigenvalue weighted by Crippen LogP contribution is -2.48. The van der Waals surface area contributed by atoms with Crippen LogP contribution in [-0.4, -0.2) is 24.5 Å². The predicted molar refractivity (Wildman–Crippen MR) is 42.0 cm³/mol. The lowest BCUT2D eigenvalue weighted by atomic mass is 9.91. The fourth-order valence-corrected chi connectivity index (χ4v) is 0.513. The van der Waals surface area contributed by atoms with Crippen molar-refractivity contribution in [3.63, 3.8) is 0 Å². The molecule has 0 unspecified atom stereocenters. The molecule has 0 aliphatic rings. The number of carbonyl (C=O) groups excluding carboxylic acids is 2. The number of carbonyl (C=O) groups is 2. The quantitative estimate of drug-likeness (QED) is 0.655. The molecule has 0 bridgehead atoms. The third-order valence-corrected chi connectivity index (χ3v) is 1.63. The van der Waals surface area contributed by atoms with E-state index in [1.807, 2.05) is 0 Å². The molecule has 14 heavy (non-hydrogen) atoms. The summed E-state index contributed by atoms with van der Waals surface area (Å²) in [5, 5.41) is 1.58. The summed E-state index contributed by atoms with van der Waals surface area (Å²) in [5.74, 6) is -2.01. The van der Waals surface area contributed by atoms with Crippen LogP contribution in [-0.2, 0) is 9.59 Å². The Kier molecular flexibility index (Phi) is 3.50. The van der Waals surface area contributed by atoms with E-state index in [0.29, 0.717) is 0 Å². The van der Waals surface area contributed by atoms with Crippen molar-refractivity contribution in [1.29, 1.82) is 0 Å².